The molecule has 0 amide bonds. The normalized spacial score (nSPS) is 11.5. The maximum absolute atomic E-state index is 5.80. The van der Waals surface area contributed by atoms with E-state index < -0.39 is 0 Å². The van der Waals surface area contributed by atoms with E-state index in [1.807, 2.05) is 54.7 Å². The van der Waals surface area contributed by atoms with Gasteiger partial charge in [-0.3, -0.25) is 9.97 Å². The summed E-state index contributed by atoms with van der Waals surface area (Å²) in [6.45, 7) is 0. The first kappa shape index (κ1) is 12.3. The lowest BCUT2D eigenvalue weighted by Crippen LogP contribution is -1.87. The molecule has 4 nitrogen and oxygen atoms in total. The summed E-state index contributed by atoms with van der Waals surface area (Å²) in [7, 11) is 0. The first-order valence-corrected chi connectivity index (χ1v) is 7.38. The van der Waals surface area contributed by atoms with Gasteiger partial charge in [0, 0.05) is 17.8 Å². The van der Waals surface area contributed by atoms with Gasteiger partial charge in [-0.1, -0.05) is 24.3 Å². The Balaban J connectivity index is 1.73. The fraction of sp³-hybridized carbons (Fsp3) is 0. The first-order chi connectivity index (χ1) is 11.4. The molecule has 0 saturated carbocycles. The largest absolute Gasteiger partial charge is 0.436 e. The van der Waals surface area contributed by atoms with Crippen LogP contribution in [-0.4, -0.2) is 15.0 Å². The third-order valence-electron chi connectivity index (χ3n) is 3.99. The van der Waals surface area contributed by atoms with E-state index in [1.54, 1.807) is 6.20 Å². The number of hydrogen-bond acceptors (Lipinski definition) is 4. The Labute approximate surface area is 131 Å². The summed E-state index contributed by atoms with van der Waals surface area (Å²) in [4.78, 5) is 13.5. The van der Waals surface area contributed by atoms with E-state index in [9.17, 15) is 0 Å². The van der Waals surface area contributed by atoms with Crippen LogP contribution in [0.15, 0.2) is 71.4 Å². The Morgan fingerprint density at radius 3 is 2.65 bits per heavy atom. The number of nitrogens with zero attached hydrogens (tertiary/aromatic N) is 3. The highest BCUT2D eigenvalue weighted by atomic mass is 16.3. The molecule has 0 aliphatic carbocycles. The average molecular weight is 297 g/mol. The molecule has 108 valence electrons. The zero-order chi connectivity index (χ0) is 15.2. The highest BCUT2D eigenvalue weighted by molar-refractivity contribution is 6.01. The molecule has 0 atom stereocenters. The molecule has 4 heteroatoms. The van der Waals surface area contributed by atoms with Crippen LogP contribution < -0.4 is 0 Å². The van der Waals surface area contributed by atoms with Crippen LogP contribution in [0, 0.1) is 0 Å². The maximum atomic E-state index is 5.80. The molecule has 0 bridgehead atoms. The minimum atomic E-state index is 0.589. The summed E-state index contributed by atoms with van der Waals surface area (Å²) in [5.74, 6) is 0. The number of pyridine rings is 3. The molecule has 5 aromatic rings. The van der Waals surface area contributed by atoms with E-state index in [-0.39, 0.29) is 0 Å². The van der Waals surface area contributed by atoms with Crippen LogP contribution in [0.1, 0.15) is 0 Å². The number of aromatic nitrogens is 3. The van der Waals surface area contributed by atoms with E-state index in [2.05, 4.69) is 21.0 Å². The van der Waals surface area contributed by atoms with Crippen molar-refractivity contribution < 1.29 is 4.42 Å². The monoisotopic (exact) mass is 297 g/mol. The summed E-state index contributed by atoms with van der Waals surface area (Å²) in [6.07, 6.45) is 3.63. The molecule has 0 aliphatic heterocycles. The number of benzene rings is 1. The molecular formula is C19H11N3O. The quantitative estimate of drug-likeness (QED) is 0.454. The molecular weight excluding hydrogens is 286 g/mol. The Kier molecular flexibility index (Phi) is 2.46. The fourth-order valence-electron chi connectivity index (χ4n) is 2.84. The van der Waals surface area contributed by atoms with Crippen molar-refractivity contribution in [1.29, 1.82) is 0 Å². The predicted molar refractivity (Wildman–Crippen MR) is 90.0 cm³/mol. The Bertz CT molecular complexity index is 1180. The minimum Gasteiger partial charge on any atom is -0.436 e. The zero-order valence-corrected chi connectivity index (χ0v) is 12.1. The molecule has 0 saturated heterocycles. The third kappa shape index (κ3) is 1.89. The topological polar surface area (TPSA) is 51.8 Å². The Hall–Kier alpha value is -3.27. The molecule has 0 unspecified atom stereocenters. The number of hydrogen-bond donors (Lipinski definition) is 0. The van der Waals surface area contributed by atoms with Crippen LogP contribution in [0.4, 0.5) is 0 Å². The van der Waals surface area contributed by atoms with E-state index in [0.29, 0.717) is 5.71 Å². The molecule has 0 N–H and O–H groups in total. The maximum Gasteiger partial charge on any atom is 0.229 e. The lowest BCUT2D eigenvalue weighted by atomic mass is 10.1. The highest BCUT2D eigenvalue weighted by Gasteiger charge is 2.11. The summed E-state index contributed by atoms with van der Waals surface area (Å²) in [5.41, 5.74) is 3.80. The van der Waals surface area contributed by atoms with Crippen LogP contribution in [0.2, 0.25) is 0 Å². The van der Waals surface area contributed by atoms with Gasteiger partial charge in [0.05, 0.1) is 16.8 Å². The van der Waals surface area contributed by atoms with Gasteiger partial charge in [0.1, 0.15) is 5.52 Å². The predicted octanol–water partition coefficient (Wildman–Crippen LogP) is 4.59. The van der Waals surface area contributed by atoms with Gasteiger partial charge in [0.25, 0.3) is 0 Å². The summed E-state index contributed by atoms with van der Waals surface area (Å²) >= 11 is 0. The number of rotatable bonds is 1. The van der Waals surface area contributed by atoms with Crippen LogP contribution >= 0.6 is 0 Å². The van der Waals surface area contributed by atoms with Crippen molar-refractivity contribution in [2.75, 3.05) is 0 Å². The van der Waals surface area contributed by atoms with Gasteiger partial charge < -0.3 is 4.42 Å². The third-order valence-corrected chi connectivity index (χ3v) is 3.99. The van der Waals surface area contributed by atoms with Crippen molar-refractivity contribution >= 4 is 33.0 Å². The standard InChI is InChI=1S/C19H11N3O/c1-2-5-13-11-21-16(10-12(13)4-1)15-8-7-14-18-17(6-3-9-20-18)23-19(14)22-15/h1-11H. The Morgan fingerprint density at radius 2 is 1.70 bits per heavy atom. The van der Waals surface area contributed by atoms with Crippen LogP contribution in [-0.2, 0) is 0 Å². The summed E-state index contributed by atoms with van der Waals surface area (Å²) < 4.78 is 5.80. The molecule has 0 spiro atoms. The van der Waals surface area contributed by atoms with Gasteiger partial charge in [-0.2, -0.15) is 0 Å². The minimum absolute atomic E-state index is 0.589. The lowest BCUT2D eigenvalue weighted by Gasteiger charge is -2.02. The van der Waals surface area contributed by atoms with Gasteiger partial charge in [-0.05, 0) is 35.7 Å². The summed E-state index contributed by atoms with van der Waals surface area (Å²) in [6, 6.07) is 17.9. The molecule has 1 aromatic carbocycles. The van der Waals surface area contributed by atoms with E-state index >= 15 is 0 Å². The van der Waals surface area contributed by atoms with Crippen LogP contribution in [0.25, 0.3) is 44.4 Å². The molecule has 4 heterocycles. The van der Waals surface area contributed by atoms with Crippen molar-refractivity contribution in [2.45, 2.75) is 0 Å². The fourth-order valence-corrected chi connectivity index (χ4v) is 2.84. The Morgan fingerprint density at radius 1 is 0.783 bits per heavy atom. The second-order valence-corrected chi connectivity index (χ2v) is 5.42. The van der Waals surface area contributed by atoms with Crippen molar-refractivity contribution in [1.82, 2.24) is 15.0 Å². The molecule has 0 aliphatic rings. The summed E-state index contributed by atoms with van der Waals surface area (Å²) in [5, 5.41) is 3.18. The van der Waals surface area contributed by atoms with Gasteiger partial charge >= 0.3 is 0 Å². The lowest BCUT2D eigenvalue weighted by molar-refractivity contribution is 0.654. The number of fused-ring (bicyclic) bond motifs is 4. The van der Waals surface area contributed by atoms with Crippen LogP contribution in [0.5, 0.6) is 0 Å². The highest BCUT2D eigenvalue weighted by Crippen LogP contribution is 2.28. The van der Waals surface area contributed by atoms with Gasteiger partial charge in [-0.25, -0.2) is 4.98 Å². The molecule has 5 rings (SSSR count). The van der Waals surface area contributed by atoms with Crippen LogP contribution in [0.3, 0.4) is 0 Å². The molecule has 0 radical (unpaired) electrons. The number of furan rings is 1. The van der Waals surface area contributed by atoms with Crippen molar-refractivity contribution in [2.24, 2.45) is 0 Å². The molecule has 23 heavy (non-hydrogen) atoms. The van der Waals surface area contributed by atoms with E-state index in [1.165, 1.54) is 0 Å². The van der Waals surface area contributed by atoms with Gasteiger partial charge in [-0.15, -0.1) is 0 Å². The van der Waals surface area contributed by atoms with E-state index in [0.717, 1.165) is 38.6 Å². The van der Waals surface area contributed by atoms with Crippen molar-refractivity contribution in [3.05, 3.63) is 67.0 Å². The van der Waals surface area contributed by atoms with Crippen molar-refractivity contribution in [3.63, 3.8) is 0 Å². The smallest absolute Gasteiger partial charge is 0.229 e. The van der Waals surface area contributed by atoms with Crippen molar-refractivity contribution in [3.8, 4) is 11.4 Å². The van der Waals surface area contributed by atoms with Gasteiger partial charge in [0.15, 0.2) is 5.58 Å². The first-order valence-electron chi connectivity index (χ1n) is 7.38. The SMILES string of the molecule is c1ccc2cc(-c3ccc4c(n3)oc3cccnc34)ncc2c1. The second-order valence-electron chi connectivity index (χ2n) is 5.42. The molecule has 4 aromatic heterocycles. The molecule has 0 fully saturated rings. The second kappa shape index (κ2) is 4.61. The van der Waals surface area contributed by atoms with Gasteiger partial charge in [0.2, 0.25) is 5.71 Å². The van der Waals surface area contributed by atoms with E-state index in [4.69, 9.17) is 4.42 Å². The zero-order valence-electron chi connectivity index (χ0n) is 12.1. The average Bonchev–Trinajstić information content (AvgIpc) is 2.99.